The van der Waals surface area contributed by atoms with E-state index in [1.165, 1.54) is 19.3 Å². The van der Waals surface area contributed by atoms with Gasteiger partial charge in [-0.05, 0) is 44.7 Å². The Kier molecular flexibility index (Phi) is 6.81. The molecule has 2 fully saturated rings. The van der Waals surface area contributed by atoms with Crippen LogP contribution in [0.1, 0.15) is 52.9 Å². The first-order valence-corrected chi connectivity index (χ1v) is 9.55. The van der Waals surface area contributed by atoms with Crippen LogP contribution < -0.4 is 10.6 Å². The fourth-order valence-corrected chi connectivity index (χ4v) is 3.68. The van der Waals surface area contributed by atoms with Gasteiger partial charge in [0.15, 0.2) is 0 Å². The van der Waals surface area contributed by atoms with Crippen LogP contribution in [0.3, 0.4) is 0 Å². The number of carbonyl (C=O) groups excluding carboxylic acids is 3. The quantitative estimate of drug-likeness (QED) is 0.646. The highest BCUT2D eigenvalue weighted by Crippen LogP contribution is 2.24. The number of nitrogens with zero attached hydrogens (tertiary/aromatic N) is 2. The maximum Gasteiger partial charge on any atom is 0.325 e. The highest BCUT2D eigenvalue weighted by molar-refractivity contribution is 6.08. The summed E-state index contributed by atoms with van der Waals surface area (Å²) in [5, 5.41) is 5.61. The number of amides is 4. The molecule has 0 spiro atoms. The number of carbonyl (C=O) groups is 3. The van der Waals surface area contributed by atoms with Crippen LogP contribution in [0.4, 0.5) is 4.79 Å². The van der Waals surface area contributed by atoms with E-state index in [1.54, 1.807) is 0 Å². The van der Waals surface area contributed by atoms with Gasteiger partial charge >= 0.3 is 6.03 Å². The summed E-state index contributed by atoms with van der Waals surface area (Å²) in [6.45, 7) is 9.45. The summed E-state index contributed by atoms with van der Waals surface area (Å²) in [5.41, 5.74) is -0.848. The van der Waals surface area contributed by atoms with Crippen molar-refractivity contribution in [2.45, 2.75) is 58.4 Å². The normalized spacial score (nSPS) is 22.0. The average Bonchev–Trinajstić information content (AvgIpc) is 2.85. The molecule has 25 heavy (non-hydrogen) atoms. The van der Waals surface area contributed by atoms with E-state index >= 15 is 0 Å². The lowest BCUT2D eigenvalue weighted by molar-refractivity contribution is -0.135. The lowest BCUT2D eigenvalue weighted by atomic mass is 9.93. The highest BCUT2D eigenvalue weighted by Gasteiger charge is 2.49. The highest BCUT2D eigenvalue weighted by atomic mass is 16.2. The molecule has 7 nitrogen and oxygen atoms in total. The molecule has 2 saturated heterocycles. The van der Waals surface area contributed by atoms with Crippen LogP contribution in [-0.2, 0) is 9.59 Å². The van der Waals surface area contributed by atoms with Crippen molar-refractivity contribution in [3.63, 3.8) is 0 Å². The van der Waals surface area contributed by atoms with Crippen molar-refractivity contribution >= 4 is 17.8 Å². The summed E-state index contributed by atoms with van der Waals surface area (Å²) >= 11 is 0. The third-order valence-corrected chi connectivity index (χ3v) is 5.42. The van der Waals surface area contributed by atoms with E-state index in [0.717, 1.165) is 24.5 Å². The van der Waals surface area contributed by atoms with Gasteiger partial charge in [0.1, 0.15) is 12.1 Å². The predicted molar refractivity (Wildman–Crippen MR) is 96.0 cm³/mol. The van der Waals surface area contributed by atoms with Crippen molar-refractivity contribution in [2.24, 2.45) is 5.92 Å². The second kappa shape index (κ2) is 8.65. The molecule has 0 aliphatic carbocycles. The Bertz CT molecular complexity index is 499. The molecule has 2 aliphatic rings. The fourth-order valence-electron chi connectivity index (χ4n) is 3.68. The predicted octanol–water partition coefficient (Wildman–Crippen LogP) is 1.34. The summed E-state index contributed by atoms with van der Waals surface area (Å²) in [5.74, 6) is -0.230. The summed E-state index contributed by atoms with van der Waals surface area (Å²) < 4.78 is 0. The first kappa shape index (κ1) is 19.7. The molecular formula is C18H32N4O3. The van der Waals surface area contributed by atoms with E-state index in [2.05, 4.69) is 22.5 Å². The molecule has 0 bridgehead atoms. The number of nitrogens with one attached hydrogen (secondary N) is 2. The van der Waals surface area contributed by atoms with Gasteiger partial charge in [0.2, 0.25) is 5.91 Å². The topological polar surface area (TPSA) is 81.8 Å². The number of piperidine rings is 1. The second-order valence-electron chi connectivity index (χ2n) is 7.38. The van der Waals surface area contributed by atoms with Crippen LogP contribution in [0.15, 0.2) is 0 Å². The molecule has 0 aromatic rings. The van der Waals surface area contributed by atoms with Crippen molar-refractivity contribution < 1.29 is 14.4 Å². The van der Waals surface area contributed by atoms with Gasteiger partial charge in [-0.3, -0.25) is 14.5 Å². The number of hydrogen-bond acceptors (Lipinski definition) is 4. The number of urea groups is 1. The van der Waals surface area contributed by atoms with Gasteiger partial charge in [0.25, 0.3) is 5.91 Å². The largest absolute Gasteiger partial charge is 0.354 e. The van der Waals surface area contributed by atoms with Gasteiger partial charge in [0.05, 0.1) is 0 Å². The average molecular weight is 352 g/mol. The van der Waals surface area contributed by atoms with E-state index in [9.17, 15) is 14.4 Å². The Morgan fingerprint density at radius 3 is 2.40 bits per heavy atom. The maximum absolute atomic E-state index is 12.5. The van der Waals surface area contributed by atoms with Crippen LogP contribution in [0.5, 0.6) is 0 Å². The smallest absolute Gasteiger partial charge is 0.325 e. The number of imide groups is 1. The Balaban J connectivity index is 1.78. The van der Waals surface area contributed by atoms with Crippen LogP contribution >= 0.6 is 0 Å². The molecular weight excluding hydrogens is 320 g/mol. The molecule has 2 heterocycles. The molecule has 2 rings (SSSR count). The molecule has 1 atom stereocenters. The molecule has 2 N–H and O–H groups in total. The van der Waals surface area contributed by atoms with E-state index in [-0.39, 0.29) is 18.4 Å². The summed E-state index contributed by atoms with van der Waals surface area (Å²) in [7, 11) is 0. The Morgan fingerprint density at radius 1 is 1.20 bits per heavy atom. The summed E-state index contributed by atoms with van der Waals surface area (Å²) in [6.07, 6.45) is 4.87. The minimum absolute atomic E-state index is 0.206. The van der Waals surface area contributed by atoms with Crippen molar-refractivity contribution in [2.75, 3.05) is 32.7 Å². The summed E-state index contributed by atoms with van der Waals surface area (Å²) in [6, 6.07) is -0.467. The van der Waals surface area contributed by atoms with Crippen LogP contribution in [0.25, 0.3) is 0 Å². The van der Waals surface area contributed by atoms with Crippen molar-refractivity contribution in [3.05, 3.63) is 0 Å². The van der Waals surface area contributed by atoms with Gasteiger partial charge < -0.3 is 15.5 Å². The van der Waals surface area contributed by atoms with Crippen molar-refractivity contribution in [1.82, 2.24) is 20.4 Å². The first-order chi connectivity index (χ1) is 11.9. The van der Waals surface area contributed by atoms with Gasteiger partial charge in [-0.2, -0.15) is 0 Å². The monoisotopic (exact) mass is 352 g/mol. The Hall–Kier alpha value is -1.63. The zero-order valence-corrected chi connectivity index (χ0v) is 15.8. The molecule has 142 valence electrons. The van der Waals surface area contributed by atoms with Crippen LogP contribution in [0, 0.1) is 5.92 Å². The minimum Gasteiger partial charge on any atom is -0.354 e. The molecule has 7 heteroatoms. The van der Waals surface area contributed by atoms with Gasteiger partial charge in [-0.25, -0.2) is 4.79 Å². The van der Waals surface area contributed by atoms with Gasteiger partial charge in [-0.1, -0.05) is 27.2 Å². The Morgan fingerprint density at radius 2 is 1.84 bits per heavy atom. The molecule has 0 radical (unpaired) electrons. The second-order valence-corrected chi connectivity index (χ2v) is 7.38. The van der Waals surface area contributed by atoms with Gasteiger partial charge in [-0.15, -0.1) is 0 Å². The minimum atomic E-state index is -0.848. The molecule has 0 saturated carbocycles. The molecule has 2 aliphatic heterocycles. The summed E-state index contributed by atoms with van der Waals surface area (Å²) in [4.78, 5) is 40.2. The van der Waals surface area contributed by atoms with E-state index < -0.39 is 11.6 Å². The van der Waals surface area contributed by atoms with E-state index in [4.69, 9.17) is 0 Å². The Labute approximate surface area is 150 Å². The van der Waals surface area contributed by atoms with Crippen LogP contribution in [0.2, 0.25) is 0 Å². The van der Waals surface area contributed by atoms with Crippen molar-refractivity contribution in [1.29, 1.82) is 0 Å². The first-order valence-electron chi connectivity index (χ1n) is 9.55. The zero-order valence-electron chi connectivity index (χ0n) is 15.8. The number of likely N-dealkylation sites (tertiary alicyclic amines) is 1. The third kappa shape index (κ3) is 4.71. The SMILES string of the molecule is CCC1(CC)NC(=O)N(CC(=O)NCC(C)CN2CCCCC2)C1=O. The van der Waals surface area contributed by atoms with E-state index in [0.29, 0.717) is 25.3 Å². The maximum atomic E-state index is 12.5. The number of rotatable bonds is 8. The third-order valence-electron chi connectivity index (χ3n) is 5.42. The molecule has 0 aromatic heterocycles. The molecule has 1 unspecified atom stereocenters. The fraction of sp³-hybridized carbons (Fsp3) is 0.833. The van der Waals surface area contributed by atoms with E-state index in [1.807, 2.05) is 13.8 Å². The van der Waals surface area contributed by atoms with Crippen LogP contribution in [-0.4, -0.2) is 65.9 Å². The molecule has 4 amide bonds. The lowest BCUT2D eigenvalue weighted by Gasteiger charge is -2.29. The number of hydrogen-bond donors (Lipinski definition) is 2. The van der Waals surface area contributed by atoms with Gasteiger partial charge in [0, 0.05) is 13.1 Å². The zero-order chi connectivity index (χ0) is 18.4. The standard InChI is InChI=1S/C18H32N4O3/c1-4-18(5-2)16(24)22(17(25)20-18)13-15(23)19-11-14(3)12-21-9-7-6-8-10-21/h14H,4-13H2,1-3H3,(H,19,23)(H,20,25). The molecule has 0 aromatic carbocycles. The lowest BCUT2D eigenvalue weighted by Crippen LogP contribution is -2.47. The van der Waals surface area contributed by atoms with Crippen molar-refractivity contribution in [3.8, 4) is 0 Å².